The highest BCUT2D eigenvalue weighted by Gasteiger charge is 2.19. The molecule has 2 nitrogen and oxygen atoms in total. The quantitative estimate of drug-likeness (QED) is 0.727. The lowest BCUT2D eigenvalue weighted by Gasteiger charge is -2.22. The van der Waals surface area contributed by atoms with Crippen LogP contribution in [-0.2, 0) is 13.0 Å². The Kier molecular flexibility index (Phi) is 3.20. The second-order valence-corrected chi connectivity index (χ2v) is 6.17. The number of aryl methyl sites for hydroxylation is 2. The third kappa shape index (κ3) is 2.11. The van der Waals surface area contributed by atoms with E-state index in [0.29, 0.717) is 0 Å². The highest BCUT2D eigenvalue weighted by molar-refractivity contribution is 5.97. The predicted molar refractivity (Wildman–Crippen MR) is 92.1 cm³/mol. The number of pyridine rings is 1. The van der Waals surface area contributed by atoms with Crippen molar-refractivity contribution < 1.29 is 0 Å². The van der Waals surface area contributed by atoms with E-state index in [1.54, 1.807) is 0 Å². The maximum absolute atomic E-state index is 4.91. The number of nitrogens with one attached hydrogen (secondary N) is 1. The Labute approximate surface area is 131 Å². The first kappa shape index (κ1) is 13.5. The smallest absolute Gasteiger partial charge is 0.0711 e. The number of para-hydroxylation sites is 1. The van der Waals surface area contributed by atoms with Crippen LogP contribution in [0.15, 0.2) is 42.5 Å². The molecule has 0 saturated carbocycles. The van der Waals surface area contributed by atoms with Crippen LogP contribution in [0, 0.1) is 13.8 Å². The van der Waals surface area contributed by atoms with Gasteiger partial charge >= 0.3 is 0 Å². The van der Waals surface area contributed by atoms with E-state index in [1.807, 2.05) is 0 Å². The molecule has 110 valence electrons. The molecule has 0 amide bonds. The highest BCUT2D eigenvalue weighted by Crippen LogP contribution is 2.36. The SMILES string of the molecule is Cc1ccc(-c2c3c(nc4ccccc24)CCNC3)c(C)c1. The summed E-state index contributed by atoms with van der Waals surface area (Å²) in [5.74, 6) is 0. The van der Waals surface area contributed by atoms with Crippen LogP contribution < -0.4 is 5.32 Å². The molecule has 3 aromatic rings. The fraction of sp³-hybridized carbons (Fsp3) is 0.250. The predicted octanol–water partition coefficient (Wildman–Crippen LogP) is 4.16. The molecule has 1 aliphatic heterocycles. The largest absolute Gasteiger partial charge is 0.312 e. The summed E-state index contributed by atoms with van der Waals surface area (Å²) < 4.78 is 0. The molecule has 0 unspecified atom stereocenters. The van der Waals surface area contributed by atoms with Crippen molar-refractivity contribution in [3.63, 3.8) is 0 Å². The van der Waals surface area contributed by atoms with E-state index in [4.69, 9.17) is 4.98 Å². The molecule has 22 heavy (non-hydrogen) atoms. The molecule has 2 heteroatoms. The zero-order chi connectivity index (χ0) is 15.1. The fourth-order valence-electron chi connectivity index (χ4n) is 3.52. The van der Waals surface area contributed by atoms with Crippen molar-refractivity contribution in [2.24, 2.45) is 0 Å². The monoisotopic (exact) mass is 288 g/mol. The Morgan fingerprint density at radius 1 is 1.05 bits per heavy atom. The normalized spacial score (nSPS) is 14.1. The van der Waals surface area contributed by atoms with Gasteiger partial charge in [0.1, 0.15) is 0 Å². The van der Waals surface area contributed by atoms with E-state index in [2.05, 4.69) is 61.6 Å². The molecule has 0 atom stereocenters. The van der Waals surface area contributed by atoms with Crippen LogP contribution in [0.25, 0.3) is 22.0 Å². The van der Waals surface area contributed by atoms with Crippen molar-refractivity contribution in [1.29, 1.82) is 0 Å². The van der Waals surface area contributed by atoms with E-state index in [0.717, 1.165) is 25.0 Å². The Morgan fingerprint density at radius 2 is 1.91 bits per heavy atom. The number of fused-ring (bicyclic) bond motifs is 2. The number of nitrogens with zero attached hydrogens (tertiary/aromatic N) is 1. The molecule has 0 aliphatic carbocycles. The second-order valence-electron chi connectivity index (χ2n) is 6.17. The number of hydrogen-bond donors (Lipinski definition) is 1. The summed E-state index contributed by atoms with van der Waals surface area (Å²) in [6, 6.07) is 15.3. The molecular weight excluding hydrogens is 268 g/mol. The molecule has 2 heterocycles. The molecule has 1 N–H and O–H groups in total. The minimum Gasteiger partial charge on any atom is -0.312 e. The summed E-state index contributed by atoms with van der Waals surface area (Å²) >= 11 is 0. The van der Waals surface area contributed by atoms with E-state index < -0.39 is 0 Å². The average Bonchev–Trinajstić information content (AvgIpc) is 2.53. The zero-order valence-electron chi connectivity index (χ0n) is 13.1. The summed E-state index contributed by atoms with van der Waals surface area (Å²) in [6.07, 6.45) is 1.01. The third-order valence-corrected chi connectivity index (χ3v) is 4.57. The van der Waals surface area contributed by atoms with Gasteiger partial charge in [0.2, 0.25) is 0 Å². The summed E-state index contributed by atoms with van der Waals surface area (Å²) in [7, 11) is 0. The minimum atomic E-state index is 0.913. The van der Waals surface area contributed by atoms with Gasteiger partial charge in [0, 0.05) is 30.6 Å². The lowest BCUT2D eigenvalue weighted by molar-refractivity contribution is 0.634. The van der Waals surface area contributed by atoms with E-state index >= 15 is 0 Å². The molecule has 0 bridgehead atoms. The molecule has 0 fully saturated rings. The Morgan fingerprint density at radius 3 is 2.77 bits per heavy atom. The van der Waals surface area contributed by atoms with Crippen LogP contribution in [-0.4, -0.2) is 11.5 Å². The summed E-state index contributed by atoms with van der Waals surface area (Å²) in [6.45, 7) is 6.29. The highest BCUT2D eigenvalue weighted by atomic mass is 14.9. The van der Waals surface area contributed by atoms with Gasteiger partial charge < -0.3 is 5.32 Å². The first-order valence-electron chi connectivity index (χ1n) is 7.93. The van der Waals surface area contributed by atoms with Crippen LogP contribution in [0.1, 0.15) is 22.4 Å². The van der Waals surface area contributed by atoms with Gasteiger partial charge in [-0.3, -0.25) is 4.98 Å². The van der Waals surface area contributed by atoms with E-state index in [1.165, 1.54) is 38.9 Å². The minimum absolute atomic E-state index is 0.913. The fourth-order valence-corrected chi connectivity index (χ4v) is 3.52. The lowest BCUT2D eigenvalue weighted by Crippen LogP contribution is -2.25. The van der Waals surface area contributed by atoms with Crippen molar-refractivity contribution in [2.45, 2.75) is 26.8 Å². The number of benzene rings is 2. The zero-order valence-corrected chi connectivity index (χ0v) is 13.1. The first-order chi connectivity index (χ1) is 10.7. The van der Waals surface area contributed by atoms with Gasteiger partial charge in [0.05, 0.1) is 5.52 Å². The van der Waals surface area contributed by atoms with E-state index in [9.17, 15) is 0 Å². The number of hydrogen-bond acceptors (Lipinski definition) is 2. The van der Waals surface area contributed by atoms with Gasteiger partial charge in [-0.25, -0.2) is 0 Å². The van der Waals surface area contributed by atoms with Crippen LogP contribution in [0.2, 0.25) is 0 Å². The van der Waals surface area contributed by atoms with Gasteiger partial charge in [-0.2, -0.15) is 0 Å². The summed E-state index contributed by atoms with van der Waals surface area (Å²) in [5.41, 5.74) is 9.09. The standard InChI is InChI=1S/C20H20N2/c1-13-7-8-15(14(2)11-13)20-16-5-3-4-6-18(16)22-19-9-10-21-12-17(19)20/h3-8,11,21H,9-10,12H2,1-2H3. The van der Waals surface area contributed by atoms with Gasteiger partial charge in [0.15, 0.2) is 0 Å². The Bertz CT molecular complexity index is 865. The van der Waals surface area contributed by atoms with Crippen LogP contribution in [0.4, 0.5) is 0 Å². The van der Waals surface area contributed by atoms with E-state index in [-0.39, 0.29) is 0 Å². The summed E-state index contributed by atoms with van der Waals surface area (Å²) in [4.78, 5) is 4.91. The molecular formula is C20H20N2. The number of aromatic nitrogens is 1. The number of rotatable bonds is 1. The van der Waals surface area contributed by atoms with Crippen LogP contribution in [0.3, 0.4) is 0 Å². The van der Waals surface area contributed by atoms with Crippen LogP contribution in [0.5, 0.6) is 0 Å². The molecule has 1 aliphatic rings. The van der Waals surface area contributed by atoms with Crippen molar-refractivity contribution in [3.8, 4) is 11.1 Å². The second kappa shape index (κ2) is 5.22. The van der Waals surface area contributed by atoms with Gasteiger partial charge in [0.25, 0.3) is 0 Å². The van der Waals surface area contributed by atoms with Gasteiger partial charge in [-0.1, -0.05) is 42.0 Å². The lowest BCUT2D eigenvalue weighted by atomic mass is 9.89. The average molecular weight is 288 g/mol. The Hall–Kier alpha value is -2.19. The molecule has 0 radical (unpaired) electrons. The topological polar surface area (TPSA) is 24.9 Å². The maximum atomic E-state index is 4.91. The molecule has 4 rings (SSSR count). The molecule has 2 aromatic carbocycles. The van der Waals surface area contributed by atoms with Crippen molar-refractivity contribution in [1.82, 2.24) is 10.3 Å². The van der Waals surface area contributed by atoms with Crippen molar-refractivity contribution in [3.05, 3.63) is 64.8 Å². The van der Waals surface area contributed by atoms with Crippen molar-refractivity contribution >= 4 is 10.9 Å². The van der Waals surface area contributed by atoms with Gasteiger partial charge in [-0.05, 0) is 42.2 Å². The molecule has 0 saturated heterocycles. The molecule has 0 spiro atoms. The molecule has 1 aromatic heterocycles. The Balaban J connectivity index is 2.10. The third-order valence-electron chi connectivity index (χ3n) is 4.57. The summed E-state index contributed by atoms with van der Waals surface area (Å²) in [5, 5.41) is 4.77. The maximum Gasteiger partial charge on any atom is 0.0711 e. The van der Waals surface area contributed by atoms with Crippen molar-refractivity contribution in [2.75, 3.05) is 6.54 Å². The van der Waals surface area contributed by atoms with Gasteiger partial charge in [-0.15, -0.1) is 0 Å². The first-order valence-corrected chi connectivity index (χ1v) is 7.93. The van der Waals surface area contributed by atoms with Crippen LogP contribution >= 0.6 is 0 Å².